The van der Waals surface area contributed by atoms with Crippen LogP contribution in [0.4, 0.5) is 0 Å². The van der Waals surface area contributed by atoms with E-state index in [-0.39, 0.29) is 17.7 Å². The summed E-state index contributed by atoms with van der Waals surface area (Å²) >= 11 is 0. The lowest BCUT2D eigenvalue weighted by Gasteiger charge is -2.09. The largest absolute Gasteiger partial charge is 0.497 e. The van der Waals surface area contributed by atoms with Gasteiger partial charge in [0, 0.05) is 11.8 Å². The molecule has 2 heterocycles. The number of hydrogen-bond acceptors (Lipinski definition) is 5. The van der Waals surface area contributed by atoms with E-state index in [1.165, 1.54) is 10.6 Å². The topological polar surface area (TPSA) is 102 Å². The van der Waals surface area contributed by atoms with E-state index in [2.05, 4.69) is 20.5 Å². The highest BCUT2D eigenvalue weighted by atomic mass is 16.5. The molecule has 0 fully saturated rings. The van der Waals surface area contributed by atoms with Crippen LogP contribution < -0.4 is 15.6 Å². The maximum absolute atomic E-state index is 12.8. The molecule has 0 aliphatic rings. The number of H-pyrrole nitrogens is 1. The average Bonchev–Trinajstić information content (AvgIpc) is 3.28. The van der Waals surface area contributed by atoms with Crippen molar-refractivity contribution in [2.75, 3.05) is 7.11 Å². The third-order valence-electron chi connectivity index (χ3n) is 5.00. The number of nitrogens with one attached hydrogen (secondary N) is 2. The number of ether oxygens (including phenoxy) is 1. The molecule has 32 heavy (non-hydrogen) atoms. The summed E-state index contributed by atoms with van der Waals surface area (Å²) in [5.74, 6) is 1.28. The summed E-state index contributed by atoms with van der Waals surface area (Å²) < 4.78 is 6.68. The quantitative estimate of drug-likeness (QED) is 0.470. The Morgan fingerprint density at radius 2 is 1.94 bits per heavy atom. The van der Waals surface area contributed by atoms with Gasteiger partial charge in [-0.1, -0.05) is 29.8 Å². The minimum atomic E-state index is -0.462. The number of aromatic amines is 1. The highest BCUT2D eigenvalue weighted by molar-refractivity contribution is 5.93. The van der Waals surface area contributed by atoms with Crippen molar-refractivity contribution in [1.29, 1.82) is 0 Å². The fourth-order valence-electron chi connectivity index (χ4n) is 3.34. The van der Waals surface area contributed by atoms with Gasteiger partial charge < -0.3 is 14.6 Å². The first-order chi connectivity index (χ1) is 15.5. The Balaban J connectivity index is 1.43. The van der Waals surface area contributed by atoms with Crippen molar-refractivity contribution >= 4 is 5.91 Å². The van der Waals surface area contributed by atoms with Gasteiger partial charge in [-0.15, -0.1) is 0 Å². The molecule has 2 N–H and O–H groups in total. The Kier molecular flexibility index (Phi) is 6.12. The van der Waals surface area contributed by atoms with Gasteiger partial charge in [0.15, 0.2) is 5.82 Å². The molecule has 4 rings (SSSR count). The molecule has 2 aromatic carbocycles. The normalized spacial score (nSPS) is 10.7. The van der Waals surface area contributed by atoms with E-state index < -0.39 is 5.91 Å². The van der Waals surface area contributed by atoms with E-state index >= 15 is 0 Å². The molecule has 0 bridgehead atoms. The SMILES string of the molecule is COc1ccc(-c2n[nH]c(CNC(=O)c3cccn(Cc4cccc(C)c4)c3=O)n2)cc1. The monoisotopic (exact) mass is 429 g/mol. The zero-order valence-corrected chi connectivity index (χ0v) is 17.8. The molecule has 0 aliphatic heterocycles. The minimum Gasteiger partial charge on any atom is -0.497 e. The number of aryl methyl sites for hydroxylation is 1. The van der Waals surface area contributed by atoms with Gasteiger partial charge in [-0.25, -0.2) is 4.98 Å². The summed E-state index contributed by atoms with van der Waals surface area (Å²) in [7, 11) is 1.60. The number of amides is 1. The third kappa shape index (κ3) is 4.75. The Bertz CT molecular complexity index is 1290. The molecular weight excluding hydrogens is 406 g/mol. The van der Waals surface area contributed by atoms with Crippen LogP contribution in [0.3, 0.4) is 0 Å². The van der Waals surface area contributed by atoms with Gasteiger partial charge in [0.25, 0.3) is 11.5 Å². The summed E-state index contributed by atoms with van der Waals surface area (Å²) in [4.78, 5) is 29.9. The number of rotatable bonds is 7. The van der Waals surface area contributed by atoms with Gasteiger partial charge in [0.05, 0.1) is 20.2 Å². The highest BCUT2D eigenvalue weighted by Crippen LogP contribution is 2.18. The zero-order chi connectivity index (χ0) is 22.5. The lowest BCUT2D eigenvalue weighted by Crippen LogP contribution is -2.32. The van der Waals surface area contributed by atoms with Crippen LogP contribution in [0.5, 0.6) is 5.75 Å². The number of hydrogen-bond donors (Lipinski definition) is 2. The minimum absolute atomic E-state index is 0.0787. The maximum Gasteiger partial charge on any atom is 0.263 e. The van der Waals surface area contributed by atoms with E-state index in [9.17, 15) is 9.59 Å². The lowest BCUT2D eigenvalue weighted by molar-refractivity contribution is 0.0948. The number of carbonyl (C=O) groups is 1. The molecule has 0 saturated carbocycles. The third-order valence-corrected chi connectivity index (χ3v) is 5.00. The van der Waals surface area contributed by atoms with Crippen LogP contribution in [0.2, 0.25) is 0 Å². The summed E-state index contributed by atoms with van der Waals surface area (Å²) in [5, 5.41) is 9.73. The van der Waals surface area contributed by atoms with Gasteiger partial charge in [-0.05, 0) is 48.9 Å². The molecule has 162 valence electrons. The molecule has 0 unspecified atom stereocenters. The highest BCUT2D eigenvalue weighted by Gasteiger charge is 2.14. The first kappa shape index (κ1) is 21.0. The smallest absolute Gasteiger partial charge is 0.263 e. The van der Waals surface area contributed by atoms with Gasteiger partial charge in [0.1, 0.15) is 17.1 Å². The molecule has 0 aliphatic carbocycles. The van der Waals surface area contributed by atoms with Crippen LogP contribution in [0.25, 0.3) is 11.4 Å². The summed E-state index contributed by atoms with van der Waals surface area (Å²) in [6, 6.07) is 18.5. The zero-order valence-electron chi connectivity index (χ0n) is 17.8. The lowest BCUT2D eigenvalue weighted by atomic mass is 10.1. The van der Waals surface area contributed by atoms with Gasteiger partial charge in [-0.2, -0.15) is 5.10 Å². The Morgan fingerprint density at radius 1 is 1.12 bits per heavy atom. The number of methoxy groups -OCH3 is 1. The standard InChI is InChI=1S/C24H23N5O3/c1-16-5-3-6-17(13-16)15-29-12-4-7-20(24(29)31)23(30)25-14-21-26-22(28-27-21)18-8-10-19(32-2)11-9-18/h3-13H,14-15H2,1-2H3,(H,25,30)(H,26,27,28). The Hall–Kier alpha value is -4.20. The second kappa shape index (κ2) is 9.30. The second-order valence-electron chi connectivity index (χ2n) is 7.36. The van der Waals surface area contributed by atoms with Crippen molar-refractivity contribution in [3.8, 4) is 17.1 Å². The van der Waals surface area contributed by atoms with Crippen molar-refractivity contribution in [1.82, 2.24) is 25.1 Å². The van der Waals surface area contributed by atoms with Crippen molar-refractivity contribution in [2.24, 2.45) is 0 Å². The fraction of sp³-hybridized carbons (Fsp3) is 0.167. The molecule has 8 nitrogen and oxygen atoms in total. The van der Waals surface area contributed by atoms with Crippen LogP contribution in [-0.4, -0.2) is 32.8 Å². The van der Waals surface area contributed by atoms with E-state index in [4.69, 9.17) is 4.74 Å². The maximum atomic E-state index is 12.8. The summed E-state index contributed by atoms with van der Waals surface area (Å²) in [6.45, 7) is 2.52. The van der Waals surface area contributed by atoms with E-state index in [0.717, 1.165) is 22.4 Å². The van der Waals surface area contributed by atoms with Crippen LogP contribution in [0.1, 0.15) is 27.3 Å². The summed E-state index contributed by atoms with van der Waals surface area (Å²) in [6.07, 6.45) is 1.68. The number of nitrogens with zero attached hydrogens (tertiary/aromatic N) is 3. The first-order valence-corrected chi connectivity index (χ1v) is 10.1. The molecule has 0 saturated heterocycles. The molecule has 0 radical (unpaired) electrons. The predicted octanol–water partition coefficient (Wildman–Crippen LogP) is 2.93. The Labute approximate surface area is 184 Å². The van der Waals surface area contributed by atoms with Gasteiger partial charge in [0.2, 0.25) is 0 Å². The van der Waals surface area contributed by atoms with Gasteiger partial charge in [-0.3, -0.25) is 14.7 Å². The Morgan fingerprint density at radius 3 is 2.69 bits per heavy atom. The van der Waals surface area contributed by atoms with Crippen LogP contribution in [0.15, 0.2) is 71.7 Å². The van der Waals surface area contributed by atoms with Crippen molar-refractivity contribution in [2.45, 2.75) is 20.0 Å². The van der Waals surface area contributed by atoms with Crippen molar-refractivity contribution in [3.05, 3.63) is 99.7 Å². The fourth-order valence-corrected chi connectivity index (χ4v) is 3.34. The second-order valence-corrected chi connectivity index (χ2v) is 7.36. The molecular formula is C24H23N5O3. The predicted molar refractivity (Wildman–Crippen MR) is 121 cm³/mol. The number of aromatic nitrogens is 4. The number of benzene rings is 2. The average molecular weight is 429 g/mol. The van der Waals surface area contributed by atoms with E-state index in [1.54, 1.807) is 19.4 Å². The van der Waals surface area contributed by atoms with E-state index in [0.29, 0.717) is 18.2 Å². The van der Waals surface area contributed by atoms with E-state index in [1.807, 2.05) is 55.5 Å². The summed E-state index contributed by atoms with van der Waals surface area (Å²) in [5.41, 5.74) is 2.67. The van der Waals surface area contributed by atoms with Crippen molar-refractivity contribution < 1.29 is 9.53 Å². The van der Waals surface area contributed by atoms with Crippen LogP contribution >= 0.6 is 0 Å². The van der Waals surface area contributed by atoms with Crippen LogP contribution in [0, 0.1) is 6.92 Å². The van der Waals surface area contributed by atoms with Crippen LogP contribution in [-0.2, 0) is 13.1 Å². The molecule has 2 aromatic heterocycles. The molecule has 8 heteroatoms. The first-order valence-electron chi connectivity index (χ1n) is 10.1. The van der Waals surface area contributed by atoms with Gasteiger partial charge >= 0.3 is 0 Å². The molecule has 0 spiro atoms. The molecule has 4 aromatic rings. The molecule has 1 amide bonds. The number of pyridine rings is 1. The number of carbonyl (C=O) groups excluding carboxylic acids is 1. The molecule has 0 atom stereocenters. The van der Waals surface area contributed by atoms with Crippen molar-refractivity contribution in [3.63, 3.8) is 0 Å².